The minimum Gasteiger partial charge on any atom is -0.378 e. The highest BCUT2D eigenvalue weighted by molar-refractivity contribution is 4.76. The largest absolute Gasteiger partial charge is 0.390 e. The summed E-state index contributed by atoms with van der Waals surface area (Å²) >= 11 is 0. The molecule has 0 aromatic carbocycles. The Kier molecular flexibility index (Phi) is 4.86. The number of rotatable bonds is 4. The minimum absolute atomic E-state index is 0.0185. The van der Waals surface area contributed by atoms with Crippen LogP contribution in [0.3, 0.4) is 0 Å². The van der Waals surface area contributed by atoms with Crippen LogP contribution in [0, 0.1) is 0 Å². The van der Waals surface area contributed by atoms with E-state index in [4.69, 9.17) is 4.74 Å². The molecule has 1 saturated heterocycles. The van der Waals surface area contributed by atoms with Crippen molar-refractivity contribution in [2.24, 2.45) is 0 Å². The molecular formula is C10H18F3NO. The molecule has 2 atom stereocenters. The summed E-state index contributed by atoms with van der Waals surface area (Å²) in [4.78, 5) is 0. The first kappa shape index (κ1) is 12.8. The predicted octanol–water partition coefficient (Wildman–Crippen LogP) is 2.49. The average Bonchev–Trinajstić information content (AvgIpc) is 2.16. The molecule has 2 nitrogen and oxygen atoms in total. The molecule has 15 heavy (non-hydrogen) atoms. The van der Waals surface area contributed by atoms with Gasteiger partial charge in [0, 0.05) is 19.2 Å². The molecule has 1 rings (SSSR count). The van der Waals surface area contributed by atoms with E-state index in [-0.39, 0.29) is 18.7 Å². The molecule has 0 aliphatic carbocycles. The topological polar surface area (TPSA) is 21.3 Å². The molecule has 0 aromatic rings. The van der Waals surface area contributed by atoms with Gasteiger partial charge in [0.05, 0.1) is 12.5 Å². The van der Waals surface area contributed by atoms with E-state index < -0.39 is 12.6 Å². The van der Waals surface area contributed by atoms with E-state index in [1.54, 1.807) is 0 Å². The van der Waals surface area contributed by atoms with Gasteiger partial charge in [-0.1, -0.05) is 6.92 Å². The van der Waals surface area contributed by atoms with Crippen molar-refractivity contribution in [2.75, 3.05) is 13.2 Å². The number of alkyl halides is 3. The van der Waals surface area contributed by atoms with Crippen LogP contribution in [0.1, 0.15) is 32.6 Å². The molecule has 0 bridgehead atoms. The molecule has 5 heteroatoms. The lowest BCUT2D eigenvalue weighted by Gasteiger charge is -2.29. The van der Waals surface area contributed by atoms with E-state index in [0.717, 1.165) is 19.3 Å². The van der Waals surface area contributed by atoms with Gasteiger partial charge in [0.25, 0.3) is 0 Å². The maximum absolute atomic E-state index is 11.9. The second-order valence-electron chi connectivity index (χ2n) is 3.94. The van der Waals surface area contributed by atoms with Crippen molar-refractivity contribution in [3.05, 3.63) is 0 Å². The fraction of sp³-hybridized carbons (Fsp3) is 1.00. The molecule has 1 heterocycles. The Bertz CT molecular complexity index is 184. The lowest BCUT2D eigenvalue weighted by atomic mass is 10.0. The maximum atomic E-state index is 11.9. The number of hydrogen-bond acceptors (Lipinski definition) is 2. The van der Waals surface area contributed by atoms with E-state index in [1.165, 1.54) is 0 Å². The molecule has 1 N–H and O–H groups in total. The second kappa shape index (κ2) is 5.70. The molecule has 0 amide bonds. The van der Waals surface area contributed by atoms with Crippen LogP contribution in [0.4, 0.5) is 13.2 Å². The third-order valence-corrected chi connectivity index (χ3v) is 2.66. The maximum Gasteiger partial charge on any atom is 0.390 e. The minimum atomic E-state index is -4.05. The number of hydrogen-bond donors (Lipinski definition) is 1. The van der Waals surface area contributed by atoms with Gasteiger partial charge in [-0.15, -0.1) is 0 Å². The van der Waals surface area contributed by atoms with Crippen LogP contribution in [-0.2, 0) is 4.74 Å². The Morgan fingerprint density at radius 3 is 2.73 bits per heavy atom. The lowest BCUT2D eigenvalue weighted by Crippen LogP contribution is -2.40. The molecular weight excluding hydrogens is 207 g/mol. The smallest absolute Gasteiger partial charge is 0.378 e. The molecule has 0 radical (unpaired) electrons. The summed E-state index contributed by atoms with van der Waals surface area (Å²) in [5.74, 6) is 0. The fourth-order valence-corrected chi connectivity index (χ4v) is 1.77. The molecule has 1 aliphatic rings. The van der Waals surface area contributed by atoms with Crippen molar-refractivity contribution in [2.45, 2.75) is 50.9 Å². The van der Waals surface area contributed by atoms with E-state index in [1.807, 2.05) is 6.92 Å². The van der Waals surface area contributed by atoms with Crippen molar-refractivity contribution in [1.82, 2.24) is 5.32 Å². The Balaban J connectivity index is 2.15. The predicted molar refractivity (Wildman–Crippen MR) is 51.7 cm³/mol. The highest BCUT2D eigenvalue weighted by atomic mass is 19.4. The van der Waals surface area contributed by atoms with E-state index in [0.29, 0.717) is 6.61 Å². The van der Waals surface area contributed by atoms with Gasteiger partial charge in [0.2, 0.25) is 0 Å². The van der Waals surface area contributed by atoms with Crippen LogP contribution in [0.15, 0.2) is 0 Å². The Labute approximate surface area is 88.2 Å². The van der Waals surface area contributed by atoms with Gasteiger partial charge >= 0.3 is 6.18 Å². The van der Waals surface area contributed by atoms with Gasteiger partial charge in [-0.05, 0) is 19.3 Å². The highest BCUT2D eigenvalue weighted by Gasteiger charge is 2.27. The zero-order valence-electron chi connectivity index (χ0n) is 8.94. The van der Waals surface area contributed by atoms with Gasteiger partial charge in [-0.3, -0.25) is 0 Å². The lowest BCUT2D eigenvalue weighted by molar-refractivity contribution is -0.134. The third kappa shape index (κ3) is 5.37. The van der Waals surface area contributed by atoms with Crippen LogP contribution in [0.25, 0.3) is 0 Å². The highest BCUT2D eigenvalue weighted by Crippen LogP contribution is 2.20. The summed E-state index contributed by atoms with van der Waals surface area (Å²) < 4.78 is 41.1. The molecule has 90 valence electrons. The Morgan fingerprint density at radius 2 is 2.13 bits per heavy atom. The average molecular weight is 225 g/mol. The van der Waals surface area contributed by atoms with Crippen LogP contribution in [0.2, 0.25) is 0 Å². The van der Waals surface area contributed by atoms with Gasteiger partial charge < -0.3 is 10.1 Å². The zero-order valence-corrected chi connectivity index (χ0v) is 8.94. The van der Waals surface area contributed by atoms with Crippen molar-refractivity contribution < 1.29 is 17.9 Å². The fourth-order valence-electron chi connectivity index (χ4n) is 1.77. The molecule has 1 aliphatic heterocycles. The number of halogens is 3. The second-order valence-corrected chi connectivity index (χ2v) is 3.94. The van der Waals surface area contributed by atoms with E-state index in [9.17, 15) is 13.2 Å². The van der Waals surface area contributed by atoms with Crippen molar-refractivity contribution in [1.29, 1.82) is 0 Å². The Hall–Kier alpha value is -0.290. The summed E-state index contributed by atoms with van der Waals surface area (Å²) in [6.45, 7) is 2.70. The first-order valence-corrected chi connectivity index (χ1v) is 5.43. The quantitative estimate of drug-likeness (QED) is 0.793. The van der Waals surface area contributed by atoms with Crippen molar-refractivity contribution in [3.63, 3.8) is 0 Å². The van der Waals surface area contributed by atoms with Gasteiger partial charge in [-0.25, -0.2) is 0 Å². The van der Waals surface area contributed by atoms with Crippen LogP contribution in [0.5, 0.6) is 0 Å². The van der Waals surface area contributed by atoms with Gasteiger partial charge in [-0.2, -0.15) is 13.2 Å². The van der Waals surface area contributed by atoms with Crippen molar-refractivity contribution >= 4 is 0 Å². The summed E-state index contributed by atoms with van der Waals surface area (Å²) in [5.41, 5.74) is 0. The summed E-state index contributed by atoms with van der Waals surface area (Å²) in [6.07, 6.45) is -2.02. The molecule has 1 fully saturated rings. The van der Waals surface area contributed by atoms with Gasteiger partial charge in [0.15, 0.2) is 0 Å². The van der Waals surface area contributed by atoms with E-state index >= 15 is 0 Å². The van der Waals surface area contributed by atoms with Crippen molar-refractivity contribution in [3.8, 4) is 0 Å². The SMILES string of the molecule is CCC1CC(NCCC(F)(F)F)CCO1. The third-order valence-electron chi connectivity index (χ3n) is 2.66. The normalized spacial score (nSPS) is 28.0. The van der Waals surface area contributed by atoms with Crippen LogP contribution < -0.4 is 5.32 Å². The summed E-state index contributed by atoms with van der Waals surface area (Å²) in [5, 5.41) is 2.94. The van der Waals surface area contributed by atoms with Crippen LogP contribution >= 0.6 is 0 Å². The summed E-state index contributed by atoms with van der Waals surface area (Å²) in [6, 6.07) is 0.186. The standard InChI is InChI=1S/C10H18F3NO/c1-2-9-7-8(3-6-15-9)14-5-4-10(11,12)13/h8-9,14H,2-7H2,1H3. The van der Waals surface area contributed by atoms with Gasteiger partial charge in [0.1, 0.15) is 0 Å². The molecule has 0 saturated carbocycles. The van der Waals surface area contributed by atoms with E-state index in [2.05, 4.69) is 5.32 Å². The monoisotopic (exact) mass is 225 g/mol. The first-order chi connectivity index (χ1) is 7.01. The first-order valence-electron chi connectivity index (χ1n) is 5.43. The van der Waals surface area contributed by atoms with Crippen LogP contribution in [-0.4, -0.2) is 31.5 Å². The molecule has 0 spiro atoms. The number of nitrogens with one attached hydrogen (secondary N) is 1. The molecule has 0 aromatic heterocycles. The Morgan fingerprint density at radius 1 is 1.40 bits per heavy atom. The zero-order chi connectivity index (χ0) is 11.3. The number of ether oxygens (including phenoxy) is 1. The summed E-state index contributed by atoms with van der Waals surface area (Å²) in [7, 11) is 0. The molecule has 2 unspecified atom stereocenters.